The maximum Gasteiger partial charge on any atom is 1.00 e. The molecule has 37 heteroatoms. The zero-order chi connectivity index (χ0) is 98.3. The molecule has 1 spiro atoms. The van der Waals surface area contributed by atoms with Gasteiger partial charge in [-0.3, -0.25) is 19.8 Å². The lowest BCUT2D eigenvalue weighted by molar-refractivity contribution is -0.727. The highest BCUT2D eigenvalue weighted by Gasteiger charge is 2.59. The first-order valence-electron chi connectivity index (χ1n) is 44.5. The van der Waals surface area contributed by atoms with Gasteiger partial charge in [0.15, 0.2) is 38.9 Å². The van der Waals surface area contributed by atoms with Gasteiger partial charge in [0.25, 0.3) is 0 Å². The Morgan fingerprint density at radius 3 is 1.38 bits per heavy atom. The fraction of sp³-hybridized carbons (Fsp3) is 0.330. The Hall–Kier alpha value is -13.0. The molecular weight excluding hydrogens is 1930 g/mol. The molecule has 14 heterocycles. The lowest BCUT2D eigenvalue weighted by Gasteiger charge is -2.19. The number of pyridine rings is 6. The second kappa shape index (κ2) is 46.1. The molecular formula is C106H134N18O13S6+6. The maximum atomic E-state index is 13.9. The molecule has 143 heavy (non-hydrogen) atoms. The zero-order valence-corrected chi connectivity index (χ0v) is 87.3. The molecule has 31 nitrogen and oxygen atoms in total. The Kier molecular flexibility index (Phi) is 35.6. The number of aromatic nitrogens is 16. The van der Waals surface area contributed by atoms with Gasteiger partial charge in [-0.1, -0.05) is 84.7 Å². The molecule has 0 amide bonds. The van der Waals surface area contributed by atoms with Gasteiger partial charge in [-0.05, 0) is 218 Å². The molecule has 3 aliphatic heterocycles. The Labute approximate surface area is 857 Å². The lowest BCUT2D eigenvalue weighted by atomic mass is 10.1. The number of benzene rings is 6. The lowest BCUT2D eigenvalue weighted by Crippen LogP contribution is -2.63. The first-order chi connectivity index (χ1) is 66.2. The molecule has 17 aromatic rings. The van der Waals surface area contributed by atoms with Crippen molar-refractivity contribution in [3.8, 4) is 69.8 Å². The van der Waals surface area contributed by atoms with Crippen LogP contribution in [0.1, 0.15) is 154 Å². The van der Waals surface area contributed by atoms with Crippen molar-refractivity contribution in [1.29, 1.82) is 0 Å². The number of rotatable bonds is 21. The third-order valence-corrected chi connectivity index (χ3v) is 31.9. The summed E-state index contributed by atoms with van der Waals surface area (Å²) < 4.78 is 106. The molecule has 20 rings (SSSR count). The molecule has 4 unspecified atom stereocenters. The predicted molar refractivity (Wildman–Crippen MR) is 578 cm³/mol. The van der Waals surface area contributed by atoms with E-state index in [9.17, 15) is 17.2 Å². The molecule has 9 N–H and O–H groups in total. The summed E-state index contributed by atoms with van der Waals surface area (Å²) >= 11 is 2.58. The minimum absolute atomic E-state index is 0. The van der Waals surface area contributed by atoms with Gasteiger partial charge < -0.3 is 52.9 Å². The number of H-pyrrole nitrogens is 4. The minimum atomic E-state index is -1.33. The highest BCUT2D eigenvalue weighted by atomic mass is 33.1. The van der Waals surface area contributed by atoms with Gasteiger partial charge in [0.05, 0.1) is 170 Å². The van der Waals surface area contributed by atoms with E-state index in [1.807, 2.05) is 187 Å². The quantitative estimate of drug-likeness (QED) is 0.0200. The van der Waals surface area contributed by atoms with Crippen LogP contribution in [0.4, 0.5) is 11.4 Å². The van der Waals surface area contributed by atoms with E-state index >= 15 is 0 Å². The van der Waals surface area contributed by atoms with Crippen molar-refractivity contribution in [2.45, 2.75) is 185 Å². The summed E-state index contributed by atoms with van der Waals surface area (Å²) in [6, 6.07) is 36.1. The van der Waals surface area contributed by atoms with Crippen molar-refractivity contribution >= 4 is 133 Å². The summed E-state index contributed by atoms with van der Waals surface area (Å²) in [4.78, 5) is 41.4. The molecule has 0 aliphatic carbocycles. The average molecular weight is 2060 g/mol. The van der Waals surface area contributed by atoms with Crippen molar-refractivity contribution in [1.82, 2.24) is 53.8 Å². The molecule has 11 aromatic heterocycles. The second-order valence-corrected chi connectivity index (χ2v) is 42.0. The summed E-state index contributed by atoms with van der Waals surface area (Å²) in [5, 5.41) is 6.57. The number of hydrogen-bond donors (Lipinski definition) is 7. The van der Waals surface area contributed by atoms with Gasteiger partial charge in [0.1, 0.15) is 102 Å². The van der Waals surface area contributed by atoms with Crippen LogP contribution in [0.15, 0.2) is 152 Å². The number of aromatic amines is 4. The van der Waals surface area contributed by atoms with Crippen molar-refractivity contribution in [2.24, 2.45) is 0 Å². The number of methoxy groups -OCH3 is 8. The Bertz CT molecular complexity index is 7740. The summed E-state index contributed by atoms with van der Waals surface area (Å²) in [5.74, 6) is 12.4. The van der Waals surface area contributed by atoms with Crippen LogP contribution in [-0.4, -0.2) is 133 Å². The average Bonchev–Trinajstić information content (AvgIpc) is 1.55. The number of hydrogen-bond acceptors (Lipinski definition) is 23. The summed E-state index contributed by atoms with van der Waals surface area (Å²) in [5.41, 5.74) is 33.8. The highest BCUT2D eigenvalue weighted by molar-refractivity contribution is 8.68. The number of anilines is 2. The summed E-state index contributed by atoms with van der Waals surface area (Å²) in [6.07, 6.45) is 11.9. The normalized spacial score (nSPS) is 13.7. The zero-order valence-electron chi connectivity index (χ0n) is 83.4. The largest absolute Gasteiger partial charge is 1.00 e. The van der Waals surface area contributed by atoms with Gasteiger partial charge in [-0.2, -0.15) is 3.97 Å². The molecule has 3 aliphatic rings. The Balaban J connectivity index is 0.000000190. The Morgan fingerprint density at radius 2 is 0.860 bits per heavy atom. The van der Waals surface area contributed by atoms with Crippen LogP contribution in [0.2, 0.25) is 0 Å². The highest BCUT2D eigenvalue weighted by Crippen LogP contribution is 2.43. The summed E-state index contributed by atoms with van der Waals surface area (Å²) in [6.45, 7) is 32.4. The van der Waals surface area contributed by atoms with Crippen LogP contribution < -0.4 is 71.4 Å². The van der Waals surface area contributed by atoms with Gasteiger partial charge in [0, 0.05) is 85.9 Å². The summed E-state index contributed by atoms with van der Waals surface area (Å²) in [7, 11) is 10.9. The maximum absolute atomic E-state index is 13.9. The Morgan fingerprint density at radius 1 is 0.441 bits per heavy atom. The van der Waals surface area contributed by atoms with E-state index in [1.165, 1.54) is 44.3 Å². The molecule has 0 radical (unpaired) electrons. The van der Waals surface area contributed by atoms with Crippen LogP contribution in [0.5, 0.6) is 46.0 Å². The molecule has 0 saturated carbocycles. The third kappa shape index (κ3) is 21.8. The van der Waals surface area contributed by atoms with Crippen molar-refractivity contribution < 1.29 is 84.8 Å². The van der Waals surface area contributed by atoms with E-state index in [1.54, 1.807) is 75.0 Å². The van der Waals surface area contributed by atoms with Gasteiger partial charge in [-0.15, -0.1) is 4.57 Å². The number of nitrogens with one attached hydrogen (secondary N) is 6. The van der Waals surface area contributed by atoms with Crippen molar-refractivity contribution in [2.75, 3.05) is 67.5 Å². The molecule has 0 saturated heterocycles. The van der Waals surface area contributed by atoms with E-state index in [-0.39, 0.29) is 42.4 Å². The van der Waals surface area contributed by atoms with Crippen LogP contribution in [0, 0.1) is 111 Å². The standard InChI is InChI=1S/C34H38N6O5S2.C17H20N3O2S.2C17H19N3O2S.C17H18N3OS.4CH4.H2O/c1-19-15-39(33-35-25-11-9-23(42-5)13-27(25)37-33)29(21(3)31(19)44-7)17-46-47(41)18-30-22(4)32(45-8)20(2)16-40(30)34-36-26-12-10-24(43-6)14-28(26)38-34;1-10-5-6-13-14(7-10)19-17(18-13)20-8-11(2)16(22-4)12(3)15(20)9-23(17)21;1-10-5-6-13-14(7-10)19-17(18-13)20-8-11(2)16(22-4)12(3)15(20)9-23-21;1-10-5-6-13-14(7-10)20-17(19-13)23(21)9-15-12(3)16(22-4)11(2)8-18-15;1-10-5-6-14-13(7-10)18-17-19-8-11(2)16(21-4)12(3)15(19)9-22-20(14)17;;;;;/h9-16H,17-18H2,1-8H3,(H,35,37)(H,36,38);5-8,18-19H,9H2,1-4H3;5-8H,9H2,1-4H3,(H-,18,19,21);5-8H,9H2,1-4H3,(H,19,20);5-8H,9H2,1-4H3;4*1H4;1H2/q+2;+1;;;+1;;;;;/p+2. The van der Waals surface area contributed by atoms with Gasteiger partial charge in [-0.25, -0.2) is 46.6 Å². The smallest absolute Gasteiger partial charge is 0.497 e. The molecule has 6 aromatic carbocycles. The van der Waals surface area contributed by atoms with E-state index in [4.69, 9.17) is 52.8 Å². The molecule has 0 bridgehead atoms. The number of imidazole rings is 5. The number of fused-ring (bicyclic) bond motifs is 12. The second-order valence-electron chi connectivity index (χ2n) is 34.4. The molecule has 756 valence electrons. The fourth-order valence-corrected chi connectivity index (χ4v) is 25.1. The van der Waals surface area contributed by atoms with Crippen LogP contribution in [0.25, 0.3) is 79.0 Å². The van der Waals surface area contributed by atoms with E-state index in [2.05, 4.69) is 136 Å². The van der Waals surface area contributed by atoms with Crippen molar-refractivity contribution in [3.05, 3.63) is 270 Å². The monoisotopic (exact) mass is 2060 g/mol. The number of aryl methyl sites for hydroxylation is 10. The SMILES string of the molecule is C.C.C.C.COc1c(C)c[n+](-c2nc3ccc(C)cc3[nH]2)c(CSO)c1C.COc1c(C)c[n+]2c(c1C)CS(=O)C21Nc2ccc(C)cc2N1.COc1c(C)c[n+]2c(c1C)CSn1c-2nc2cc(C)ccc21.COc1c(C)cnc(CS(=O)c2nc3ccc(C)cc3[nH]2)c1C.COc1ccc2nc(-[n+]3cc(C)c(OC)c(C)c3CSS(=O)Cc3c(C)c(OC)c(C)c[n+]3-c3nc4ccc(OC)cc4[nH]3)[nH]c2c1.O.[H+]. The van der Waals surface area contributed by atoms with E-state index in [0.29, 0.717) is 40.1 Å². The van der Waals surface area contributed by atoms with Crippen molar-refractivity contribution in [3.63, 3.8) is 0 Å². The molecule has 4 atom stereocenters. The van der Waals surface area contributed by atoms with Crippen LogP contribution in [0.3, 0.4) is 0 Å². The van der Waals surface area contributed by atoms with Crippen LogP contribution >= 0.6 is 34.8 Å². The third-order valence-electron chi connectivity index (χ3n) is 25.1. The van der Waals surface area contributed by atoms with E-state index in [0.717, 1.165) is 232 Å². The predicted octanol–water partition coefficient (Wildman–Crippen LogP) is 19.4. The first kappa shape index (κ1) is 110. The molecule has 0 fully saturated rings. The van der Waals surface area contributed by atoms with E-state index < -0.39 is 36.5 Å². The van der Waals surface area contributed by atoms with Crippen LogP contribution in [-0.2, 0) is 71.1 Å². The minimum Gasteiger partial charge on any atom is -0.497 e. The van der Waals surface area contributed by atoms with Gasteiger partial charge in [0.2, 0.25) is 5.69 Å². The fourth-order valence-electron chi connectivity index (χ4n) is 18.2. The van der Waals surface area contributed by atoms with Gasteiger partial charge >= 0.3 is 30.3 Å². The number of ether oxygens (including phenoxy) is 8. The number of nitrogens with zero attached hydrogens (tertiary/aromatic N) is 12. The first-order valence-corrected chi connectivity index (χ1v) is 51.9. The topological polar surface area (TPSA) is 366 Å².